The van der Waals surface area contributed by atoms with E-state index in [0.717, 1.165) is 5.69 Å². The second-order valence-corrected chi connectivity index (χ2v) is 6.58. The van der Waals surface area contributed by atoms with Crippen molar-refractivity contribution in [2.45, 2.75) is 23.8 Å². The zero-order chi connectivity index (χ0) is 19.2. The number of nitrogens with one attached hydrogen (secondary N) is 1. The van der Waals surface area contributed by atoms with Gasteiger partial charge in [-0.3, -0.25) is 4.79 Å². The van der Waals surface area contributed by atoms with E-state index in [9.17, 15) is 4.79 Å². The Kier molecular flexibility index (Phi) is 5.48. The number of carbonyl (C=O) groups is 1. The number of nitrogens with zero attached hydrogens (tertiary/aromatic N) is 4. The Bertz CT molecular complexity index is 1030. The highest BCUT2D eigenvalue weighted by Crippen LogP contribution is 2.25. The minimum Gasteiger partial charge on any atom is -0.459 e. The molecule has 0 aliphatic carbocycles. The molecule has 9 nitrogen and oxygen atoms in total. The van der Waals surface area contributed by atoms with Crippen molar-refractivity contribution in [1.82, 2.24) is 20.3 Å². The average molecular weight is 397 g/mol. The molecule has 3 heterocycles. The Morgan fingerprint density at radius 2 is 2.00 bits per heavy atom. The maximum atomic E-state index is 12.0. The minimum atomic E-state index is -0.114. The van der Waals surface area contributed by atoms with Gasteiger partial charge in [0.1, 0.15) is 0 Å². The number of thioether (sulfide) groups is 1. The van der Waals surface area contributed by atoms with Crippen molar-refractivity contribution in [3.63, 3.8) is 0 Å². The lowest BCUT2D eigenvalue weighted by Crippen LogP contribution is -2.12. The topological polar surface area (TPSA) is 120 Å². The van der Waals surface area contributed by atoms with Crippen LogP contribution in [-0.2, 0) is 17.0 Å². The Hall–Kier alpha value is -3.40. The molecule has 3 aromatic heterocycles. The minimum absolute atomic E-state index is 0.114. The SMILES string of the molecule is O=C(CCc1nc(CSc2nnc(-c3ccco3)o2)no1)Nc1ccccc1. The van der Waals surface area contributed by atoms with Crippen LogP contribution in [0, 0.1) is 0 Å². The first kappa shape index (κ1) is 18.0. The molecule has 1 N–H and O–H groups in total. The zero-order valence-corrected chi connectivity index (χ0v) is 15.4. The lowest BCUT2D eigenvalue weighted by atomic mass is 10.2. The number of amides is 1. The van der Waals surface area contributed by atoms with E-state index >= 15 is 0 Å². The maximum absolute atomic E-state index is 12.0. The van der Waals surface area contributed by atoms with Gasteiger partial charge in [-0.15, -0.1) is 10.2 Å². The molecule has 4 aromatic rings. The summed E-state index contributed by atoms with van der Waals surface area (Å²) in [5.74, 6) is 2.00. The molecule has 0 saturated heterocycles. The summed E-state index contributed by atoms with van der Waals surface area (Å²) >= 11 is 1.28. The van der Waals surface area contributed by atoms with Gasteiger partial charge in [-0.1, -0.05) is 35.1 Å². The van der Waals surface area contributed by atoms with Crippen molar-refractivity contribution < 1.29 is 18.2 Å². The van der Waals surface area contributed by atoms with Gasteiger partial charge in [-0.2, -0.15) is 4.98 Å². The van der Waals surface area contributed by atoms with E-state index < -0.39 is 0 Å². The third-order valence-electron chi connectivity index (χ3n) is 3.60. The van der Waals surface area contributed by atoms with Crippen molar-refractivity contribution in [1.29, 1.82) is 0 Å². The molecular formula is C18H15N5O4S. The molecular weight excluding hydrogens is 382 g/mol. The van der Waals surface area contributed by atoms with Gasteiger partial charge < -0.3 is 18.7 Å². The van der Waals surface area contributed by atoms with Gasteiger partial charge in [0.25, 0.3) is 11.1 Å². The standard InChI is InChI=1S/C18H15N5O4S/c24-15(19-12-5-2-1-3-6-12)8-9-16-20-14(23-27-16)11-28-18-22-21-17(26-18)13-7-4-10-25-13/h1-7,10H,8-9,11H2,(H,19,24). The Morgan fingerprint density at radius 1 is 1.11 bits per heavy atom. The maximum Gasteiger partial charge on any atom is 0.284 e. The third-order valence-corrected chi connectivity index (χ3v) is 4.41. The number of furan rings is 1. The largest absolute Gasteiger partial charge is 0.459 e. The van der Waals surface area contributed by atoms with E-state index in [1.54, 1.807) is 12.1 Å². The zero-order valence-electron chi connectivity index (χ0n) is 14.6. The molecule has 0 saturated carbocycles. The molecule has 0 atom stereocenters. The van der Waals surface area contributed by atoms with Gasteiger partial charge >= 0.3 is 0 Å². The summed E-state index contributed by atoms with van der Waals surface area (Å²) in [6.07, 6.45) is 2.15. The second-order valence-electron chi connectivity index (χ2n) is 5.66. The van der Waals surface area contributed by atoms with E-state index in [1.165, 1.54) is 18.0 Å². The normalized spacial score (nSPS) is 10.9. The number of hydrogen-bond acceptors (Lipinski definition) is 9. The molecule has 0 aliphatic rings. The first-order valence-corrected chi connectivity index (χ1v) is 9.41. The first-order valence-electron chi connectivity index (χ1n) is 8.43. The van der Waals surface area contributed by atoms with Gasteiger partial charge in [0.05, 0.1) is 12.0 Å². The molecule has 0 spiro atoms. The predicted molar refractivity (Wildman–Crippen MR) is 99.3 cm³/mol. The van der Waals surface area contributed by atoms with E-state index in [2.05, 4.69) is 25.7 Å². The monoisotopic (exact) mass is 397 g/mol. The number of rotatable bonds is 8. The molecule has 142 valence electrons. The van der Waals surface area contributed by atoms with Crippen LogP contribution < -0.4 is 5.32 Å². The smallest absolute Gasteiger partial charge is 0.284 e. The van der Waals surface area contributed by atoms with Gasteiger partial charge in [-0.05, 0) is 24.3 Å². The first-order chi connectivity index (χ1) is 13.8. The second kappa shape index (κ2) is 8.53. The summed E-state index contributed by atoms with van der Waals surface area (Å²) in [6.45, 7) is 0. The van der Waals surface area contributed by atoms with E-state index in [0.29, 0.717) is 40.8 Å². The molecule has 0 bridgehead atoms. The fraction of sp³-hybridized carbons (Fsp3) is 0.167. The molecule has 0 unspecified atom stereocenters. The number of aromatic nitrogens is 4. The quantitative estimate of drug-likeness (QED) is 0.445. The van der Waals surface area contributed by atoms with Crippen LogP contribution in [-0.4, -0.2) is 26.2 Å². The molecule has 0 radical (unpaired) electrons. The highest BCUT2D eigenvalue weighted by atomic mass is 32.2. The molecule has 28 heavy (non-hydrogen) atoms. The highest BCUT2D eigenvalue weighted by Gasteiger charge is 2.14. The third kappa shape index (κ3) is 4.65. The number of anilines is 1. The summed E-state index contributed by atoms with van der Waals surface area (Å²) in [7, 11) is 0. The highest BCUT2D eigenvalue weighted by molar-refractivity contribution is 7.98. The van der Waals surface area contributed by atoms with Crippen LogP contribution in [0.15, 0.2) is 67.3 Å². The number of carbonyl (C=O) groups excluding carboxylic acids is 1. The van der Waals surface area contributed by atoms with E-state index in [1.807, 2.05) is 30.3 Å². The molecule has 1 aromatic carbocycles. The van der Waals surface area contributed by atoms with Gasteiger partial charge in [0, 0.05) is 18.5 Å². The average Bonchev–Trinajstić information content (AvgIpc) is 3.47. The van der Waals surface area contributed by atoms with Gasteiger partial charge in [-0.25, -0.2) is 0 Å². The number of para-hydroxylation sites is 1. The fourth-order valence-electron chi connectivity index (χ4n) is 2.31. The summed E-state index contributed by atoms with van der Waals surface area (Å²) in [4.78, 5) is 16.2. The van der Waals surface area contributed by atoms with Crippen molar-refractivity contribution in [3.8, 4) is 11.7 Å². The Morgan fingerprint density at radius 3 is 2.82 bits per heavy atom. The number of aryl methyl sites for hydroxylation is 1. The predicted octanol–water partition coefficient (Wildman–Crippen LogP) is 3.58. The van der Waals surface area contributed by atoms with Crippen molar-refractivity contribution in [2.24, 2.45) is 0 Å². The van der Waals surface area contributed by atoms with Crippen molar-refractivity contribution in [3.05, 3.63) is 60.4 Å². The summed E-state index contributed by atoms with van der Waals surface area (Å²) in [5.41, 5.74) is 0.753. The van der Waals surface area contributed by atoms with Gasteiger partial charge in [0.15, 0.2) is 11.6 Å². The summed E-state index contributed by atoms with van der Waals surface area (Å²) < 4.78 is 15.9. The summed E-state index contributed by atoms with van der Waals surface area (Å²) in [5, 5.41) is 14.9. The van der Waals surface area contributed by atoms with Crippen LogP contribution >= 0.6 is 11.8 Å². The fourth-order valence-corrected chi connectivity index (χ4v) is 2.92. The number of benzene rings is 1. The Balaban J connectivity index is 1.25. The Labute approximate surface area is 163 Å². The molecule has 0 aliphatic heterocycles. The number of hydrogen-bond donors (Lipinski definition) is 1. The van der Waals surface area contributed by atoms with Crippen LogP contribution in [0.1, 0.15) is 18.1 Å². The van der Waals surface area contributed by atoms with Crippen LogP contribution in [0.2, 0.25) is 0 Å². The van der Waals surface area contributed by atoms with Crippen molar-refractivity contribution in [2.75, 3.05) is 5.32 Å². The summed E-state index contributed by atoms with van der Waals surface area (Å²) in [6, 6.07) is 12.7. The lowest BCUT2D eigenvalue weighted by molar-refractivity contribution is -0.116. The molecule has 0 fully saturated rings. The van der Waals surface area contributed by atoms with E-state index in [4.69, 9.17) is 13.4 Å². The van der Waals surface area contributed by atoms with Crippen LogP contribution in [0.3, 0.4) is 0 Å². The van der Waals surface area contributed by atoms with Crippen LogP contribution in [0.25, 0.3) is 11.7 Å². The lowest BCUT2D eigenvalue weighted by Gasteiger charge is -2.02. The van der Waals surface area contributed by atoms with Crippen LogP contribution in [0.5, 0.6) is 0 Å². The van der Waals surface area contributed by atoms with Gasteiger partial charge in [0.2, 0.25) is 11.8 Å². The van der Waals surface area contributed by atoms with E-state index in [-0.39, 0.29) is 12.3 Å². The molecule has 1 amide bonds. The van der Waals surface area contributed by atoms with Crippen molar-refractivity contribution >= 4 is 23.4 Å². The molecule has 10 heteroatoms. The van der Waals surface area contributed by atoms with Crippen LogP contribution in [0.4, 0.5) is 5.69 Å². The molecule has 4 rings (SSSR count).